The minimum Gasteiger partial charge on any atom is -0.392 e. The molecule has 1 saturated heterocycles. The van der Waals surface area contributed by atoms with E-state index >= 15 is 0 Å². The molecular weight excluding hydrogens is 344 g/mol. The SMILES string of the molecule is CC1=C(CC/C(C)=C/[C@H](O)[C@]23O[C@H]2[C@H](O)C(CO)=CC3=O)C(C)(C)CCC1. The number of hydrogen-bond donors (Lipinski definition) is 3. The molecule has 0 bridgehead atoms. The van der Waals surface area contributed by atoms with Crippen molar-refractivity contribution in [1.82, 2.24) is 0 Å². The quantitative estimate of drug-likeness (QED) is 0.490. The van der Waals surface area contributed by atoms with Crippen LogP contribution in [0.5, 0.6) is 0 Å². The molecule has 0 radical (unpaired) electrons. The molecule has 3 N–H and O–H groups in total. The molecule has 0 amide bonds. The molecule has 0 saturated carbocycles. The van der Waals surface area contributed by atoms with E-state index < -0.39 is 30.5 Å². The number of aliphatic hydroxyl groups is 3. The number of rotatable bonds is 6. The normalized spacial score (nSPS) is 34.3. The van der Waals surface area contributed by atoms with E-state index in [4.69, 9.17) is 4.74 Å². The number of allylic oxidation sites excluding steroid dienone is 3. The van der Waals surface area contributed by atoms with Gasteiger partial charge in [0.25, 0.3) is 0 Å². The lowest BCUT2D eigenvalue weighted by Gasteiger charge is -2.35. The predicted molar refractivity (Wildman–Crippen MR) is 103 cm³/mol. The van der Waals surface area contributed by atoms with Crippen LogP contribution >= 0.6 is 0 Å². The van der Waals surface area contributed by atoms with Crippen LogP contribution in [0.2, 0.25) is 0 Å². The smallest absolute Gasteiger partial charge is 0.193 e. The fraction of sp³-hybridized carbons (Fsp3) is 0.682. The number of hydrogen-bond acceptors (Lipinski definition) is 5. The van der Waals surface area contributed by atoms with Crippen molar-refractivity contribution in [3.63, 3.8) is 0 Å². The van der Waals surface area contributed by atoms with Gasteiger partial charge in [-0.2, -0.15) is 0 Å². The first kappa shape index (κ1) is 20.5. The molecule has 4 atom stereocenters. The van der Waals surface area contributed by atoms with Gasteiger partial charge in [0.05, 0.1) is 6.61 Å². The molecule has 1 fully saturated rings. The number of aliphatic hydroxyl groups excluding tert-OH is 3. The maximum absolute atomic E-state index is 12.4. The molecule has 0 spiro atoms. The number of carbonyl (C=O) groups excluding carboxylic acids is 1. The van der Waals surface area contributed by atoms with E-state index in [-0.39, 0.29) is 16.8 Å². The number of epoxide rings is 1. The molecule has 0 aromatic rings. The van der Waals surface area contributed by atoms with Crippen LogP contribution in [0, 0.1) is 5.41 Å². The number of ketones is 1. The van der Waals surface area contributed by atoms with Crippen LogP contribution < -0.4 is 0 Å². The Bertz CT molecular complexity index is 714. The lowest BCUT2D eigenvalue weighted by molar-refractivity contribution is -0.122. The third kappa shape index (κ3) is 3.58. The average Bonchev–Trinajstić information content (AvgIpc) is 3.35. The summed E-state index contributed by atoms with van der Waals surface area (Å²) in [6.07, 6.45) is 5.35. The largest absolute Gasteiger partial charge is 0.392 e. The molecule has 3 aliphatic rings. The zero-order valence-corrected chi connectivity index (χ0v) is 16.8. The second-order valence-electron chi connectivity index (χ2n) is 8.97. The number of carbonyl (C=O) groups is 1. The summed E-state index contributed by atoms with van der Waals surface area (Å²) in [5, 5.41) is 30.0. The van der Waals surface area contributed by atoms with Crippen molar-refractivity contribution in [2.24, 2.45) is 5.41 Å². The maximum Gasteiger partial charge on any atom is 0.193 e. The zero-order valence-electron chi connectivity index (χ0n) is 16.8. The van der Waals surface area contributed by atoms with Crippen molar-refractivity contribution >= 4 is 5.78 Å². The Morgan fingerprint density at radius 2 is 2.15 bits per heavy atom. The van der Waals surface area contributed by atoms with Crippen molar-refractivity contribution < 1.29 is 24.9 Å². The van der Waals surface area contributed by atoms with Crippen LogP contribution in [-0.2, 0) is 9.53 Å². The van der Waals surface area contributed by atoms with Gasteiger partial charge in [-0.1, -0.05) is 36.6 Å². The van der Waals surface area contributed by atoms with E-state index in [0.29, 0.717) is 0 Å². The molecule has 5 nitrogen and oxygen atoms in total. The first-order chi connectivity index (χ1) is 12.6. The third-order valence-electron chi connectivity index (χ3n) is 6.58. The summed E-state index contributed by atoms with van der Waals surface area (Å²) in [6, 6.07) is 0. The van der Waals surface area contributed by atoms with Crippen LogP contribution in [-0.4, -0.2) is 51.6 Å². The Hall–Kier alpha value is -1.27. The van der Waals surface area contributed by atoms with Crippen molar-refractivity contribution in [2.45, 2.75) is 83.7 Å². The molecule has 1 aliphatic heterocycles. The molecule has 0 unspecified atom stereocenters. The van der Waals surface area contributed by atoms with E-state index in [0.717, 1.165) is 24.8 Å². The van der Waals surface area contributed by atoms with E-state index in [1.165, 1.54) is 30.1 Å². The van der Waals surface area contributed by atoms with Crippen LogP contribution in [0.4, 0.5) is 0 Å². The van der Waals surface area contributed by atoms with E-state index in [1.54, 1.807) is 6.08 Å². The fourth-order valence-electron chi connectivity index (χ4n) is 4.78. The third-order valence-corrected chi connectivity index (χ3v) is 6.58. The second-order valence-corrected chi connectivity index (χ2v) is 8.97. The van der Waals surface area contributed by atoms with Crippen molar-refractivity contribution in [3.05, 3.63) is 34.4 Å². The Morgan fingerprint density at radius 1 is 1.44 bits per heavy atom. The number of fused-ring (bicyclic) bond motifs is 1. The highest BCUT2D eigenvalue weighted by Gasteiger charge is 2.70. The molecule has 150 valence electrons. The summed E-state index contributed by atoms with van der Waals surface area (Å²) in [4.78, 5) is 12.4. The van der Waals surface area contributed by atoms with Gasteiger partial charge >= 0.3 is 0 Å². The van der Waals surface area contributed by atoms with Crippen LogP contribution in [0.25, 0.3) is 0 Å². The number of ether oxygens (including phenoxy) is 1. The molecule has 0 aromatic carbocycles. The van der Waals surface area contributed by atoms with Crippen molar-refractivity contribution in [1.29, 1.82) is 0 Å². The molecule has 0 aromatic heterocycles. The minimum atomic E-state index is -1.39. The minimum absolute atomic E-state index is 0.222. The summed E-state index contributed by atoms with van der Waals surface area (Å²) >= 11 is 0. The lowest BCUT2D eigenvalue weighted by Crippen LogP contribution is -2.45. The van der Waals surface area contributed by atoms with Gasteiger partial charge in [-0.3, -0.25) is 4.79 Å². The predicted octanol–water partition coefficient (Wildman–Crippen LogP) is 2.60. The molecular formula is C22H32O5. The van der Waals surface area contributed by atoms with Crippen molar-refractivity contribution in [2.75, 3.05) is 6.61 Å². The summed E-state index contributed by atoms with van der Waals surface area (Å²) in [7, 11) is 0. The lowest BCUT2D eigenvalue weighted by atomic mass is 9.71. The van der Waals surface area contributed by atoms with Gasteiger partial charge in [0.2, 0.25) is 0 Å². The molecule has 2 aliphatic carbocycles. The van der Waals surface area contributed by atoms with Gasteiger partial charge in [0.15, 0.2) is 11.4 Å². The highest BCUT2D eigenvalue weighted by Crippen LogP contribution is 2.48. The van der Waals surface area contributed by atoms with E-state index in [9.17, 15) is 20.1 Å². The molecule has 1 heterocycles. The van der Waals surface area contributed by atoms with Crippen LogP contribution in [0.15, 0.2) is 34.4 Å². The summed E-state index contributed by atoms with van der Waals surface area (Å²) in [5.74, 6) is -0.384. The van der Waals surface area contributed by atoms with E-state index in [1.807, 2.05) is 6.92 Å². The standard InChI is InChI=1S/C22H32O5/c1-13(7-8-16-14(2)6-5-9-21(16,3)4)10-17(24)22-18(25)11-15(12-23)19(26)20(22)27-22/h10-11,17,19-20,23-24,26H,5-9,12H2,1-4H3/b13-10+/t17-,19+,20-,22+/m0/s1. The Morgan fingerprint density at radius 3 is 2.78 bits per heavy atom. The molecule has 5 heteroatoms. The first-order valence-electron chi connectivity index (χ1n) is 9.89. The van der Waals surface area contributed by atoms with Gasteiger partial charge in [-0.15, -0.1) is 0 Å². The molecule has 3 rings (SSSR count). The van der Waals surface area contributed by atoms with Crippen molar-refractivity contribution in [3.8, 4) is 0 Å². The Labute approximate surface area is 161 Å². The maximum atomic E-state index is 12.4. The summed E-state index contributed by atoms with van der Waals surface area (Å²) < 4.78 is 5.46. The zero-order chi connectivity index (χ0) is 20.0. The van der Waals surface area contributed by atoms with Gasteiger partial charge in [0.1, 0.15) is 18.3 Å². The van der Waals surface area contributed by atoms with E-state index in [2.05, 4.69) is 20.8 Å². The summed E-state index contributed by atoms with van der Waals surface area (Å²) in [6.45, 7) is 8.39. The first-order valence-corrected chi connectivity index (χ1v) is 9.89. The highest BCUT2D eigenvalue weighted by molar-refractivity contribution is 6.02. The average molecular weight is 376 g/mol. The Balaban J connectivity index is 1.69. The topological polar surface area (TPSA) is 90.3 Å². The Kier molecular flexibility index (Phi) is 5.52. The van der Waals surface area contributed by atoms with Gasteiger partial charge in [-0.25, -0.2) is 0 Å². The highest BCUT2D eigenvalue weighted by atomic mass is 16.6. The second kappa shape index (κ2) is 7.28. The fourth-order valence-corrected chi connectivity index (χ4v) is 4.78. The van der Waals surface area contributed by atoms with Crippen LogP contribution in [0.1, 0.15) is 59.8 Å². The molecule has 27 heavy (non-hydrogen) atoms. The monoisotopic (exact) mass is 376 g/mol. The van der Waals surface area contributed by atoms with Gasteiger partial charge < -0.3 is 20.1 Å². The van der Waals surface area contributed by atoms with Gasteiger partial charge in [-0.05, 0) is 63.0 Å². The summed E-state index contributed by atoms with van der Waals surface area (Å²) in [5.41, 5.74) is 3.07. The van der Waals surface area contributed by atoms with Gasteiger partial charge in [0, 0.05) is 0 Å². The van der Waals surface area contributed by atoms with Crippen LogP contribution in [0.3, 0.4) is 0 Å².